The van der Waals surface area contributed by atoms with Crippen LogP contribution in [0.1, 0.15) is 50.9 Å². The molecule has 4 heteroatoms. The normalized spacial score (nSPS) is 10.9. The molecule has 0 saturated carbocycles. The summed E-state index contributed by atoms with van der Waals surface area (Å²) in [5, 5.41) is 0. The number of aryl methyl sites for hydroxylation is 1. The van der Waals surface area contributed by atoms with Gasteiger partial charge in [-0.1, -0.05) is 39.3 Å². The van der Waals surface area contributed by atoms with Gasteiger partial charge in [0.1, 0.15) is 16.2 Å². The van der Waals surface area contributed by atoms with Crippen molar-refractivity contribution in [2.75, 3.05) is 0 Å². The first kappa shape index (κ1) is 16.0. The van der Waals surface area contributed by atoms with Crippen LogP contribution in [0.3, 0.4) is 0 Å². The van der Waals surface area contributed by atoms with Gasteiger partial charge in [-0.15, -0.1) is 0 Å². The Balaban J connectivity index is 2.10. The minimum absolute atomic E-state index is 0.265. The lowest BCUT2D eigenvalue weighted by Crippen LogP contribution is -2.00. The molecule has 0 bridgehead atoms. The number of benzene rings is 1. The Labute approximate surface area is 134 Å². The number of halogens is 1. The average molecular weight is 349 g/mol. The largest absolute Gasteiger partial charge is 0.439 e. The van der Waals surface area contributed by atoms with Crippen molar-refractivity contribution in [1.29, 1.82) is 0 Å². The lowest BCUT2D eigenvalue weighted by molar-refractivity contribution is 0.456. The molecule has 21 heavy (non-hydrogen) atoms. The zero-order chi connectivity index (χ0) is 15.2. The lowest BCUT2D eigenvalue weighted by atomic mass is 10.1. The molecule has 0 atom stereocenters. The van der Waals surface area contributed by atoms with Gasteiger partial charge in [-0.3, -0.25) is 0 Å². The molecular weight excluding hydrogens is 328 g/mol. The van der Waals surface area contributed by atoms with E-state index >= 15 is 0 Å². The highest BCUT2D eigenvalue weighted by molar-refractivity contribution is 9.10. The van der Waals surface area contributed by atoms with Crippen molar-refractivity contribution in [3.05, 3.63) is 46.3 Å². The van der Waals surface area contributed by atoms with Gasteiger partial charge in [-0.05, 0) is 46.5 Å². The predicted octanol–water partition coefficient (Wildman–Crippen LogP) is 5.50. The van der Waals surface area contributed by atoms with Gasteiger partial charge < -0.3 is 4.74 Å². The molecule has 0 saturated heterocycles. The van der Waals surface area contributed by atoms with E-state index in [1.54, 1.807) is 6.07 Å². The Morgan fingerprint density at radius 2 is 1.86 bits per heavy atom. The molecule has 0 aliphatic heterocycles. The minimum atomic E-state index is 0.265. The van der Waals surface area contributed by atoms with Crippen LogP contribution in [-0.2, 0) is 6.42 Å². The summed E-state index contributed by atoms with van der Waals surface area (Å²) in [4.78, 5) is 8.79. The molecular formula is C17H21BrN2O. The summed E-state index contributed by atoms with van der Waals surface area (Å²) >= 11 is 3.40. The van der Waals surface area contributed by atoms with Crippen molar-refractivity contribution >= 4 is 15.9 Å². The number of hydrogen-bond donors (Lipinski definition) is 0. The van der Waals surface area contributed by atoms with E-state index in [4.69, 9.17) is 4.74 Å². The quantitative estimate of drug-likeness (QED) is 0.646. The second kappa shape index (κ2) is 7.55. The Kier molecular flexibility index (Phi) is 5.74. The molecule has 0 N–H and O–H groups in total. The highest BCUT2D eigenvalue weighted by Gasteiger charge is 2.08. The second-order valence-corrected chi connectivity index (χ2v) is 6.20. The first-order chi connectivity index (χ1) is 10.1. The predicted molar refractivity (Wildman–Crippen MR) is 88.9 cm³/mol. The molecule has 3 nitrogen and oxygen atoms in total. The summed E-state index contributed by atoms with van der Waals surface area (Å²) in [6.45, 7) is 6.33. The van der Waals surface area contributed by atoms with Gasteiger partial charge >= 0.3 is 0 Å². The third-order valence-electron chi connectivity index (χ3n) is 3.17. The molecule has 0 spiro atoms. The van der Waals surface area contributed by atoms with Crippen molar-refractivity contribution in [3.63, 3.8) is 0 Å². The van der Waals surface area contributed by atoms with E-state index in [0.29, 0.717) is 5.88 Å². The third kappa shape index (κ3) is 4.81. The van der Waals surface area contributed by atoms with E-state index in [1.807, 2.05) is 12.1 Å². The SMILES string of the molecule is CCCCc1ccc(Oc2cc(Br)nc(C(C)C)n2)cc1. The van der Waals surface area contributed by atoms with Gasteiger partial charge in [-0.2, -0.15) is 4.98 Å². The number of hydrogen-bond acceptors (Lipinski definition) is 3. The highest BCUT2D eigenvalue weighted by atomic mass is 79.9. The van der Waals surface area contributed by atoms with E-state index in [0.717, 1.165) is 22.6 Å². The molecule has 1 aromatic carbocycles. The summed E-state index contributed by atoms with van der Waals surface area (Å²) in [5.74, 6) is 2.41. The molecule has 1 heterocycles. The Morgan fingerprint density at radius 1 is 1.14 bits per heavy atom. The molecule has 0 aliphatic carbocycles. The second-order valence-electron chi connectivity index (χ2n) is 5.39. The molecule has 1 aromatic heterocycles. The first-order valence-electron chi connectivity index (χ1n) is 7.39. The van der Waals surface area contributed by atoms with Crippen molar-refractivity contribution in [1.82, 2.24) is 9.97 Å². The zero-order valence-electron chi connectivity index (χ0n) is 12.8. The van der Waals surface area contributed by atoms with E-state index in [-0.39, 0.29) is 5.92 Å². The summed E-state index contributed by atoms with van der Waals surface area (Å²) in [7, 11) is 0. The van der Waals surface area contributed by atoms with E-state index < -0.39 is 0 Å². The highest BCUT2D eigenvalue weighted by Crippen LogP contribution is 2.24. The standard InChI is InChI=1S/C17H21BrN2O/c1-4-5-6-13-7-9-14(10-8-13)21-16-11-15(18)19-17(20-16)12(2)3/h7-12H,4-6H2,1-3H3. The van der Waals surface area contributed by atoms with Crippen LogP contribution >= 0.6 is 15.9 Å². The summed E-state index contributed by atoms with van der Waals surface area (Å²) in [6.07, 6.45) is 3.55. The van der Waals surface area contributed by atoms with Crippen LogP contribution in [0.15, 0.2) is 34.9 Å². The van der Waals surface area contributed by atoms with Gasteiger partial charge in [0.2, 0.25) is 5.88 Å². The van der Waals surface area contributed by atoms with Gasteiger partial charge in [-0.25, -0.2) is 4.98 Å². The van der Waals surface area contributed by atoms with Crippen LogP contribution in [0.4, 0.5) is 0 Å². The molecule has 2 aromatic rings. The molecule has 0 amide bonds. The first-order valence-corrected chi connectivity index (χ1v) is 8.19. The van der Waals surface area contributed by atoms with Crippen LogP contribution in [-0.4, -0.2) is 9.97 Å². The van der Waals surface area contributed by atoms with Gasteiger partial charge in [0.25, 0.3) is 0 Å². The molecule has 2 rings (SSSR count). The number of aromatic nitrogens is 2. The van der Waals surface area contributed by atoms with Crippen molar-refractivity contribution in [2.24, 2.45) is 0 Å². The zero-order valence-corrected chi connectivity index (χ0v) is 14.4. The minimum Gasteiger partial charge on any atom is -0.439 e. The lowest BCUT2D eigenvalue weighted by Gasteiger charge is -2.09. The van der Waals surface area contributed by atoms with Gasteiger partial charge in [0, 0.05) is 12.0 Å². The third-order valence-corrected chi connectivity index (χ3v) is 3.58. The summed E-state index contributed by atoms with van der Waals surface area (Å²) < 4.78 is 6.57. The number of unbranched alkanes of at least 4 members (excludes halogenated alkanes) is 1. The van der Waals surface area contributed by atoms with Crippen molar-refractivity contribution in [3.8, 4) is 11.6 Å². The van der Waals surface area contributed by atoms with Crippen LogP contribution in [0.2, 0.25) is 0 Å². The van der Waals surface area contributed by atoms with E-state index in [2.05, 4.69) is 58.8 Å². The van der Waals surface area contributed by atoms with Crippen LogP contribution < -0.4 is 4.74 Å². The Hall–Kier alpha value is -1.42. The number of nitrogens with zero attached hydrogens (tertiary/aromatic N) is 2. The topological polar surface area (TPSA) is 35.0 Å². The molecule has 0 aliphatic rings. The van der Waals surface area contributed by atoms with Crippen LogP contribution in [0, 0.1) is 0 Å². The van der Waals surface area contributed by atoms with Crippen LogP contribution in [0.5, 0.6) is 11.6 Å². The molecule has 0 fully saturated rings. The average Bonchev–Trinajstić information content (AvgIpc) is 2.46. The summed E-state index contributed by atoms with van der Waals surface area (Å²) in [5.41, 5.74) is 1.34. The fraction of sp³-hybridized carbons (Fsp3) is 0.412. The fourth-order valence-electron chi connectivity index (χ4n) is 1.95. The maximum atomic E-state index is 5.83. The van der Waals surface area contributed by atoms with Crippen molar-refractivity contribution < 1.29 is 4.74 Å². The molecule has 112 valence electrons. The Bertz CT molecular complexity index is 582. The smallest absolute Gasteiger partial charge is 0.223 e. The van der Waals surface area contributed by atoms with E-state index in [1.165, 1.54) is 18.4 Å². The Morgan fingerprint density at radius 3 is 2.48 bits per heavy atom. The molecule has 0 unspecified atom stereocenters. The molecule has 0 radical (unpaired) electrons. The van der Waals surface area contributed by atoms with Gasteiger partial charge in [0.05, 0.1) is 0 Å². The number of rotatable bonds is 6. The number of ether oxygens (including phenoxy) is 1. The van der Waals surface area contributed by atoms with E-state index in [9.17, 15) is 0 Å². The summed E-state index contributed by atoms with van der Waals surface area (Å²) in [6, 6.07) is 10.0. The van der Waals surface area contributed by atoms with Crippen LogP contribution in [0.25, 0.3) is 0 Å². The maximum Gasteiger partial charge on any atom is 0.223 e. The maximum absolute atomic E-state index is 5.83. The fourth-order valence-corrected chi connectivity index (χ4v) is 2.33. The van der Waals surface area contributed by atoms with Crippen molar-refractivity contribution in [2.45, 2.75) is 46.0 Å². The monoisotopic (exact) mass is 348 g/mol. The van der Waals surface area contributed by atoms with Gasteiger partial charge in [0.15, 0.2) is 0 Å².